The molecule has 0 aliphatic rings. The van der Waals surface area contributed by atoms with Crippen LogP contribution < -0.4 is 0 Å². The van der Waals surface area contributed by atoms with Crippen molar-refractivity contribution in [1.29, 1.82) is 0 Å². The highest BCUT2D eigenvalue weighted by atomic mass is 35.5. The van der Waals surface area contributed by atoms with Gasteiger partial charge in [0, 0.05) is 6.21 Å². The average Bonchev–Trinajstić information content (AvgIpc) is 2.22. The van der Waals surface area contributed by atoms with Crippen LogP contribution in [0.1, 0.15) is 31.9 Å². The van der Waals surface area contributed by atoms with Crippen molar-refractivity contribution in [2.24, 2.45) is 4.40 Å². The van der Waals surface area contributed by atoms with Crippen LogP contribution in [-0.4, -0.2) is 15.2 Å². The molecule has 7 heteroatoms. The molecule has 1 rings (SSSR count). The summed E-state index contributed by atoms with van der Waals surface area (Å²) in [5.74, 6) is 0. The first-order chi connectivity index (χ1) is 8.51. The quantitative estimate of drug-likeness (QED) is 0.751. The van der Waals surface area contributed by atoms with E-state index in [1.165, 1.54) is 12.3 Å². The van der Waals surface area contributed by atoms with Crippen molar-refractivity contribution in [3.05, 3.63) is 34.3 Å². The van der Waals surface area contributed by atoms with Crippen molar-refractivity contribution >= 4 is 28.8 Å². The first-order valence-corrected chi connectivity index (χ1v) is 6.83. The third kappa shape index (κ3) is 4.62. The second kappa shape index (κ2) is 5.63. The van der Waals surface area contributed by atoms with Gasteiger partial charge < -0.3 is 0 Å². The van der Waals surface area contributed by atoms with Crippen molar-refractivity contribution in [1.82, 2.24) is 0 Å². The van der Waals surface area contributed by atoms with E-state index in [0.717, 1.165) is 12.1 Å². The average molecular weight is 312 g/mol. The second-order valence-corrected chi connectivity index (χ2v) is 7.17. The van der Waals surface area contributed by atoms with E-state index in [0.29, 0.717) is 5.56 Å². The first-order valence-electron chi connectivity index (χ1n) is 5.34. The maximum Gasteiger partial charge on any atom is 0.417 e. The van der Waals surface area contributed by atoms with E-state index in [1.54, 1.807) is 20.8 Å². The molecule has 106 valence electrons. The molecule has 0 spiro atoms. The maximum atomic E-state index is 12.5. The summed E-state index contributed by atoms with van der Waals surface area (Å²) in [6.45, 7) is 5.25. The van der Waals surface area contributed by atoms with Gasteiger partial charge in [-0.2, -0.15) is 17.6 Å². The Kier molecular flexibility index (Phi) is 4.79. The summed E-state index contributed by atoms with van der Waals surface area (Å²) in [4.78, 5) is 0. The number of hydrogen-bond acceptors (Lipinski definition) is 1. The third-order valence-electron chi connectivity index (χ3n) is 2.12. The molecule has 0 amide bonds. The van der Waals surface area contributed by atoms with Gasteiger partial charge in [0.1, 0.15) is 11.0 Å². The van der Waals surface area contributed by atoms with E-state index in [-0.39, 0.29) is 0 Å². The lowest BCUT2D eigenvalue weighted by atomic mass is 10.1. The fraction of sp³-hybridized carbons (Fsp3) is 0.417. The van der Waals surface area contributed by atoms with E-state index >= 15 is 0 Å². The van der Waals surface area contributed by atoms with Crippen LogP contribution in [0.15, 0.2) is 22.6 Å². The van der Waals surface area contributed by atoms with Gasteiger partial charge in [0.25, 0.3) is 0 Å². The Morgan fingerprint density at radius 1 is 1.26 bits per heavy atom. The van der Waals surface area contributed by atoms with E-state index in [4.69, 9.17) is 11.6 Å². The number of alkyl halides is 3. The van der Waals surface area contributed by atoms with E-state index in [1.807, 2.05) is 0 Å². The van der Waals surface area contributed by atoms with Gasteiger partial charge in [-0.25, -0.2) is 4.21 Å². The zero-order valence-electron chi connectivity index (χ0n) is 10.6. The molecule has 0 aliphatic heterocycles. The predicted molar refractivity (Wildman–Crippen MR) is 71.9 cm³/mol. The standard InChI is InChI=1S/C12H13ClF3NOS/c1-11(2,3)19(18)17-7-8-4-5-9(10(13)6-8)12(14,15)16/h4-7H,1-3H3/b17-7+/t19-/m1/s1. The Morgan fingerprint density at radius 2 is 1.84 bits per heavy atom. The normalized spacial score (nSPS) is 14.9. The molecule has 0 aromatic heterocycles. The van der Waals surface area contributed by atoms with Crippen molar-refractivity contribution in [2.45, 2.75) is 31.7 Å². The van der Waals surface area contributed by atoms with Crippen molar-refractivity contribution in [2.75, 3.05) is 0 Å². The first kappa shape index (κ1) is 16.2. The second-order valence-electron chi connectivity index (χ2n) is 4.83. The lowest BCUT2D eigenvalue weighted by Gasteiger charge is -2.13. The topological polar surface area (TPSA) is 29.4 Å². The molecular formula is C12H13ClF3NOS. The smallest absolute Gasteiger partial charge is 0.234 e. The summed E-state index contributed by atoms with van der Waals surface area (Å²) < 4.78 is 52.4. The van der Waals surface area contributed by atoms with Crippen LogP contribution in [0.3, 0.4) is 0 Å². The van der Waals surface area contributed by atoms with Crippen LogP contribution in [0.25, 0.3) is 0 Å². The lowest BCUT2D eigenvalue weighted by molar-refractivity contribution is -0.137. The molecule has 0 heterocycles. The van der Waals surface area contributed by atoms with Crippen LogP contribution in [0.2, 0.25) is 5.02 Å². The zero-order valence-corrected chi connectivity index (χ0v) is 12.2. The summed E-state index contributed by atoms with van der Waals surface area (Å²) in [7, 11) is -1.46. The summed E-state index contributed by atoms with van der Waals surface area (Å²) in [5, 5.41) is -0.405. The molecule has 2 nitrogen and oxygen atoms in total. The fourth-order valence-corrected chi connectivity index (χ4v) is 1.94. The van der Waals surface area contributed by atoms with Gasteiger partial charge in [-0.05, 0) is 38.5 Å². The summed E-state index contributed by atoms with van der Waals surface area (Å²) in [5.41, 5.74) is -0.529. The van der Waals surface area contributed by atoms with Gasteiger partial charge in [-0.1, -0.05) is 17.7 Å². The van der Waals surface area contributed by atoms with Crippen LogP contribution >= 0.6 is 11.6 Å². The van der Waals surface area contributed by atoms with Crippen LogP contribution in [0.5, 0.6) is 0 Å². The monoisotopic (exact) mass is 311 g/mol. The summed E-state index contributed by atoms with van der Waals surface area (Å²) in [6.07, 6.45) is -3.23. The third-order valence-corrected chi connectivity index (χ3v) is 3.78. The SMILES string of the molecule is CC(C)(C)[S@@](=O)/N=C/c1ccc(C(F)(F)F)c(Cl)c1. The molecule has 0 radical (unpaired) electrons. The fourth-order valence-electron chi connectivity index (χ4n) is 1.11. The molecule has 1 aromatic rings. The van der Waals surface area contributed by atoms with Crippen molar-refractivity contribution in [3.63, 3.8) is 0 Å². The minimum Gasteiger partial charge on any atom is -0.234 e. The molecule has 0 N–H and O–H groups in total. The van der Waals surface area contributed by atoms with E-state index in [2.05, 4.69) is 4.40 Å². The number of nitrogens with zero attached hydrogens (tertiary/aromatic N) is 1. The van der Waals surface area contributed by atoms with Crippen LogP contribution in [0, 0.1) is 0 Å². The van der Waals surface area contributed by atoms with Crippen LogP contribution in [0.4, 0.5) is 13.2 Å². The van der Waals surface area contributed by atoms with Gasteiger partial charge in [0.05, 0.1) is 15.3 Å². The number of halogens is 4. The van der Waals surface area contributed by atoms with Gasteiger partial charge in [0.2, 0.25) is 0 Å². The van der Waals surface area contributed by atoms with Gasteiger partial charge in [-0.15, -0.1) is 0 Å². The minimum atomic E-state index is -4.49. The molecule has 0 saturated carbocycles. The molecule has 1 atom stereocenters. The Bertz CT molecular complexity index is 521. The molecule has 0 aliphatic carbocycles. The summed E-state index contributed by atoms with van der Waals surface area (Å²) in [6, 6.07) is 3.26. The molecular weight excluding hydrogens is 299 g/mol. The molecule has 0 fully saturated rings. The largest absolute Gasteiger partial charge is 0.417 e. The van der Waals surface area contributed by atoms with E-state index in [9.17, 15) is 17.4 Å². The highest BCUT2D eigenvalue weighted by Crippen LogP contribution is 2.34. The van der Waals surface area contributed by atoms with Crippen molar-refractivity contribution in [3.8, 4) is 0 Å². The summed E-state index contributed by atoms with van der Waals surface area (Å²) >= 11 is 5.56. The lowest BCUT2D eigenvalue weighted by Crippen LogP contribution is -2.19. The van der Waals surface area contributed by atoms with E-state index < -0.39 is 32.5 Å². The molecule has 1 aromatic carbocycles. The molecule has 19 heavy (non-hydrogen) atoms. The molecule has 0 saturated heterocycles. The van der Waals surface area contributed by atoms with Gasteiger partial charge in [0.15, 0.2) is 0 Å². The van der Waals surface area contributed by atoms with Crippen LogP contribution in [-0.2, 0) is 17.2 Å². The Labute approximate surface area is 117 Å². The predicted octanol–water partition coefficient (Wildman–Crippen LogP) is 4.24. The minimum absolute atomic E-state index is 0.371. The molecule has 0 unspecified atom stereocenters. The van der Waals surface area contributed by atoms with Gasteiger partial charge in [-0.3, -0.25) is 0 Å². The van der Waals surface area contributed by atoms with Crippen molar-refractivity contribution < 1.29 is 17.4 Å². The number of hydrogen-bond donors (Lipinski definition) is 0. The highest BCUT2D eigenvalue weighted by Gasteiger charge is 2.32. The number of rotatable bonds is 2. The Hall–Kier alpha value is -0.880. The van der Waals surface area contributed by atoms with Gasteiger partial charge >= 0.3 is 6.18 Å². The molecule has 0 bridgehead atoms. The number of benzene rings is 1. The maximum absolute atomic E-state index is 12.5. The Morgan fingerprint density at radius 3 is 2.26 bits per heavy atom. The highest BCUT2D eigenvalue weighted by molar-refractivity contribution is 7.85. The zero-order chi connectivity index (χ0) is 14.8. The Balaban J connectivity index is 2.98.